The lowest BCUT2D eigenvalue weighted by atomic mass is 10.0. The number of ether oxygens (including phenoxy) is 1. The molecule has 28 heavy (non-hydrogen) atoms. The predicted octanol–water partition coefficient (Wildman–Crippen LogP) is 4.37. The monoisotopic (exact) mass is 368 g/mol. The summed E-state index contributed by atoms with van der Waals surface area (Å²) in [5.41, 5.74) is 4.68. The van der Waals surface area contributed by atoms with Crippen LogP contribution < -0.4 is 5.69 Å². The molecule has 0 bridgehead atoms. The van der Waals surface area contributed by atoms with Crippen LogP contribution in [-0.2, 0) is 11.3 Å². The third kappa shape index (κ3) is 2.98. The summed E-state index contributed by atoms with van der Waals surface area (Å²) in [6.45, 7) is 1.26. The van der Waals surface area contributed by atoms with Crippen LogP contribution in [0.3, 0.4) is 0 Å². The number of hydrogen-bond donors (Lipinski definition) is 0. The predicted molar refractivity (Wildman–Crippen MR) is 111 cm³/mol. The normalized spacial score (nSPS) is 15.5. The molecular formula is C24H20N2O2. The van der Waals surface area contributed by atoms with Gasteiger partial charge in [-0.1, -0.05) is 78.9 Å². The number of epoxide rings is 1. The lowest BCUT2D eigenvalue weighted by molar-refractivity contribution is 0.381. The maximum absolute atomic E-state index is 13.6. The van der Waals surface area contributed by atoms with Crippen molar-refractivity contribution in [2.45, 2.75) is 12.6 Å². The fourth-order valence-corrected chi connectivity index (χ4v) is 3.66. The lowest BCUT2D eigenvalue weighted by Crippen LogP contribution is -2.25. The zero-order valence-corrected chi connectivity index (χ0v) is 15.4. The van der Waals surface area contributed by atoms with Crippen molar-refractivity contribution in [3.63, 3.8) is 0 Å². The molecule has 2 heterocycles. The smallest absolute Gasteiger partial charge is 0.333 e. The fourth-order valence-electron chi connectivity index (χ4n) is 3.66. The molecular weight excluding hydrogens is 348 g/mol. The second kappa shape index (κ2) is 6.98. The summed E-state index contributed by atoms with van der Waals surface area (Å²) in [6.07, 6.45) is 0.107. The van der Waals surface area contributed by atoms with E-state index in [4.69, 9.17) is 4.74 Å². The SMILES string of the molecule is O=c1n(CC2CO2)c(-c2ccccc2)c(-c2ccccc2)n1-c1ccccc1. The van der Waals surface area contributed by atoms with Gasteiger partial charge in [0.1, 0.15) is 0 Å². The van der Waals surface area contributed by atoms with Crippen molar-refractivity contribution < 1.29 is 4.74 Å². The van der Waals surface area contributed by atoms with E-state index >= 15 is 0 Å². The maximum Gasteiger partial charge on any atom is 0.333 e. The van der Waals surface area contributed by atoms with Gasteiger partial charge in [0, 0.05) is 11.1 Å². The molecule has 4 nitrogen and oxygen atoms in total. The third-order valence-electron chi connectivity index (χ3n) is 5.04. The molecule has 0 saturated carbocycles. The molecule has 0 radical (unpaired) electrons. The molecule has 1 saturated heterocycles. The van der Waals surface area contributed by atoms with Gasteiger partial charge in [0.2, 0.25) is 0 Å². The van der Waals surface area contributed by atoms with Gasteiger partial charge < -0.3 is 4.74 Å². The minimum atomic E-state index is -0.0422. The summed E-state index contributed by atoms with van der Waals surface area (Å²) < 4.78 is 9.13. The van der Waals surface area contributed by atoms with Gasteiger partial charge in [-0.05, 0) is 12.1 Å². The Bertz CT molecular complexity index is 1140. The van der Waals surface area contributed by atoms with Crippen molar-refractivity contribution in [3.8, 4) is 28.2 Å². The van der Waals surface area contributed by atoms with Crippen molar-refractivity contribution in [2.75, 3.05) is 6.61 Å². The van der Waals surface area contributed by atoms with E-state index < -0.39 is 0 Å². The van der Waals surface area contributed by atoms with Gasteiger partial charge in [-0.25, -0.2) is 4.79 Å². The molecule has 0 N–H and O–H groups in total. The number of nitrogens with zero attached hydrogens (tertiary/aromatic N) is 2. The minimum Gasteiger partial charge on any atom is -0.371 e. The lowest BCUT2D eigenvalue weighted by Gasteiger charge is -2.11. The first kappa shape index (κ1) is 16.8. The Labute approximate surface area is 163 Å². The van der Waals surface area contributed by atoms with Crippen molar-refractivity contribution in [3.05, 3.63) is 101 Å². The number of rotatable bonds is 5. The zero-order chi connectivity index (χ0) is 18.9. The third-order valence-corrected chi connectivity index (χ3v) is 5.04. The van der Waals surface area contributed by atoms with E-state index in [0.717, 1.165) is 28.2 Å². The highest BCUT2D eigenvalue weighted by Gasteiger charge is 2.29. The van der Waals surface area contributed by atoms with Crippen LogP contribution in [0, 0.1) is 0 Å². The molecule has 1 unspecified atom stereocenters. The summed E-state index contributed by atoms with van der Waals surface area (Å²) in [5, 5.41) is 0. The van der Waals surface area contributed by atoms with Crippen LogP contribution in [-0.4, -0.2) is 21.8 Å². The second-order valence-electron chi connectivity index (χ2n) is 6.95. The van der Waals surface area contributed by atoms with Crippen LogP contribution >= 0.6 is 0 Å². The first-order chi connectivity index (χ1) is 13.8. The molecule has 0 aliphatic carbocycles. The van der Waals surface area contributed by atoms with Crippen molar-refractivity contribution >= 4 is 0 Å². The van der Waals surface area contributed by atoms with Crippen molar-refractivity contribution in [1.82, 2.24) is 9.13 Å². The van der Waals surface area contributed by atoms with Gasteiger partial charge in [-0.2, -0.15) is 0 Å². The fraction of sp³-hybridized carbons (Fsp3) is 0.125. The average Bonchev–Trinajstić information content (AvgIpc) is 3.53. The van der Waals surface area contributed by atoms with E-state index in [1.54, 1.807) is 0 Å². The van der Waals surface area contributed by atoms with Crippen molar-refractivity contribution in [2.24, 2.45) is 0 Å². The molecule has 1 aromatic heterocycles. The van der Waals surface area contributed by atoms with E-state index in [2.05, 4.69) is 24.3 Å². The van der Waals surface area contributed by atoms with Gasteiger partial charge in [-0.3, -0.25) is 9.13 Å². The van der Waals surface area contributed by atoms with E-state index in [9.17, 15) is 4.79 Å². The van der Waals surface area contributed by atoms with Crippen molar-refractivity contribution in [1.29, 1.82) is 0 Å². The topological polar surface area (TPSA) is 39.5 Å². The quantitative estimate of drug-likeness (QED) is 0.491. The largest absolute Gasteiger partial charge is 0.371 e. The number of imidazole rings is 1. The molecule has 3 aromatic carbocycles. The number of hydrogen-bond acceptors (Lipinski definition) is 2. The van der Waals surface area contributed by atoms with Gasteiger partial charge in [-0.15, -0.1) is 0 Å². The van der Waals surface area contributed by atoms with E-state index in [0.29, 0.717) is 13.2 Å². The van der Waals surface area contributed by atoms with Gasteiger partial charge >= 0.3 is 5.69 Å². The highest BCUT2D eigenvalue weighted by atomic mass is 16.6. The first-order valence-electron chi connectivity index (χ1n) is 9.46. The van der Waals surface area contributed by atoms with Gasteiger partial charge in [0.15, 0.2) is 0 Å². The van der Waals surface area contributed by atoms with Gasteiger partial charge in [0.25, 0.3) is 0 Å². The molecule has 1 aliphatic heterocycles. The number of aromatic nitrogens is 2. The Morgan fingerprint density at radius 2 is 1.25 bits per heavy atom. The number of para-hydroxylation sites is 1. The summed E-state index contributed by atoms with van der Waals surface area (Å²) in [5.74, 6) is 0. The summed E-state index contributed by atoms with van der Waals surface area (Å²) in [4.78, 5) is 13.6. The molecule has 1 aliphatic rings. The van der Waals surface area contributed by atoms with Crippen LogP contribution in [0.5, 0.6) is 0 Å². The Hall–Kier alpha value is -3.37. The molecule has 0 spiro atoms. The van der Waals surface area contributed by atoms with E-state index in [-0.39, 0.29) is 11.8 Å². The van der Waals surface area contributed by atoms with Crippen LogP contribution in [0.2, 0.25) is 0 Å². The molecule has 1 fully saturated rings. The van der Waals surface area contributed by atoms with Crippen LogP contribution in [0.1, 0.15) is 0 Å². The standard InChI is InChI=1S/C24H20N2O2/c27-24-25(16-21-17-28-21)22(18-10-4-1-5-11-18)23(19-12-6-2-7-13-19)26(24)20-14-8-3-9-15-20/h1-15,21H,16-17H2. The summed E-state index contributed by atoms with van der Waals surface area (Å²) in [6, 6.07) is 30.1. The Morgan fingerprint density at radius 1 is 0.750 bits per heavy atom. The Kier molecular flexibility index (Phi) is 4.18. The number of benzene rings is 3. The molecule has 5 rings (SSSR count). The van der Waals surface area contributed by atoms with Gasteiger partial charge in [0.05, 0.1) is 36.3 Å². The minimum absolute atomic E-state index is 0.0422. The van der Waals surface area contributed by atoms with Crippen LogP contribution in [0.25, 0.3) is 28.2 Å². The highest BCUT2D eigenvalue weighted by Crippen LogP contribution is 2.34. The molecule has 1 atom stereocenters. The Morgan fingerprint density at radius 3 is 1.79 bits per heavy atom. The Balaban J connectivity index is 1.87. The first-order valence-corrected chi connectivity index (χ1v) is 9.46. The molecule has 0 amide bonds. The van der Waals surface area contributed by atoms with Crippen LogP contribution in [0.4, 0.5) is 0 Å². The molecule has 4 heteroatoms. The molecule has 138 valence electrons. The van der Waals surface area contributed by atoms with E-state index in [1.165, 1.54) is 0 Å². The second-order valence-corrected chi connectivity index (χ2v) is 6.95. The zero-order valence-electron chi connectivity index (χ0n) is 15.4. The maximum atomic E-state index is 13.6. The molecule has 4 aromatic rings. The summed E-state index contributed by atoms with van der Waals surface area (Å²) >= 11 is 0. The average molecular weight is 368 g/mol. The highest BCUT2D eigenvalue weighted by molar-refractivity contribution is 5.80. The van der Waals surface area contributed by atoms with Crippen LogP contribution in [0.15, 0.2) is 95.8 Å². The summed E-state index contributed by atoms with van der Waals surface area (Å²) in [7, 11) is 0. The van der Waals surface area contributed by atoms with E-state index in [1.807, 2.05) is 75.9 Å².